The van der Waals surface area contributed by atoms with Gasteiger partial charge in [0.15, 0.2) is 0 Å². The van der Waals surface area contributed by atoms with E-state index in [2.05, 4.69) is 44.8 Å². The molecule has 0 saturated heterocycles. The van der Waals surface area contributed by atoms with Gasteiger partial charge in [-0.25, -0.2) is 0 Å². The fourth-order valence-electron chi connectivity index (χ4n) is 2.40. The summed E-state index contributed by atoms with van der Waals surface area (Å²) in [5.74, 6) is 0. The largest absolute Gasteiger partial charge is 0.395 e. The molecule has 0 amide bonds. The minimum atomic E-state index is 0.265. The summed E-state index contributed by atoms with van der Waals surface area (Å²) in [5, 5.41) is 12.8. The van der Waals surface area contributed by atoms with Gasteiger partial charge in [0.2, 0.25) is 0 Å². The Morgan fingerprint density at radius 1 is 1.11 bits per heavy atom. The fraction of sp³-hybridized carbons (Fsp3) is 1.00. The minimum Gasteiger partial charge on any atom is -0.395 e. The molecule has 0 radical (unpaired) electrons. The third kappa shape index (κ3) is 6.72. The van der Waals surface area contributed by atoms with Crippen LogP contribution in [-0.4, -0.2) is 48.8 Å². The molecule has 0 aromatic heterocycles. The van der Waals surface area contributed by atoms with Gasteiger partial charge in [-0.05, 0) is 31.2 Å². The lowest BCUT2D eigenvalue weighted by atomic mass is 9.81. The second-order valence-electron chi connectivity index (χ2n) is 5.74. The summed E-state index contributed by atoms with van der Waals surface area (Å²) in [4.78, 5) is 2.41. The molecule has 0 aliphatic heterocycles. The Morgan fingerprint density at radius 3 is 2.11 bits per heavy atom. The lowest BCUT2D eigenvalue weighted by Gasteiger charge is -2.38. The highest BCUT2D eigenvalue weighted by Gasteiger charge is 2.28. The predicted octanol–water partition coefficient (Wildman–Crippen LogP) is 2.50. The molecular formula is C15H34N2O. The maximum Gasteiger partial charge on any atom is 0.0558 e. The van der Waals surface area contributed by atoms with Crippen LogP contribution >= 0.6 is 0 Å². The molecule has 0 fully saturated rings. The normalized spacial score (nSPS) is 12.7. The van der Waals surface area contributed by atoms with E-state index in [4.69, 9.17) is 5.11 Å². The zero-order valence-corrected chi connectivity index (χ0v) is 13.1. The van der Waals surface area contributed by atoms with Gasteiger partial charge < -0.3 is 15.3 Å². The van der Waals surface area contributed by atoms with Gasteiger partial charge in [-0.2, -0.15) is 0 Å². The molecule has 0 unspecified atom stereocenters. The number of aliphatic hydroxyl groups excluding tert-OH is 1. The third-order valence-corrected chi connectivity index (χ3v) is 3.90. The van der Waals surface area contributed by atoms with Gasteiger partial charge in [-0.15, -0.1) is 0 Å². The van der Waals surface area contributed by atoms with Crippen LogP contribution in [0.4, 0.5) is 0 Å². The van der Waals surface area contributed by atoms with Crippen LogP contribution in [-0.2, 0) is 0 Å². The molecule has 3 nitrogen and oxygen atoms in total. The lowest BCUT2D eigenvalue weighted by Crippen LogP contribution is -2.46. The summed E-state index contributed by atoms with van der Waals surface area (Å²) in [6.45, 7) is 15.5. The van der Waals surface area contributed by atoms with Gasteiger partial charge in [-0.1, -0.05) is 34.6 Å². The second kappa shape index (κ2) is 9.76. The Bertz CT molecular complexity index is 185. The van der Waals surface area contributed by atoms with Crippen molar-refractivity contribution in [2.75, 3.05) is 32.8 Å². The van der Waals surface area contributed by atoms with Crippen LogP contribution in [0.1, 0.15) is 53.9 Å². The van der Waals surface area contributed by atoms with E-state index in [1.165, 1.54) is 12.8 Å². The van der Waals surface area contributed by atoms with E-state index in [0.29, 0.717) is 11.5 Å². The molecule has 0 rings (SSSR count). The van der Waals surface area contributed by atoms with Crippen molar-refractivity contribution in [1.29, 1.82) is 0 Å². The summed E-state index contributed by atoms with van der Waals surface area (Å²) in [6.07, 6.45) is 3.53. The van der Waals surface area contributed by atoms with E-state index in [1.54, 1.807) is 0 Å². The highest BCUT2D eigenvalue weighted by atomic mass is 16.3. The van der Waals surface area contributed by atoms with E-state index in [0.717, 1.165) is 32.6 Å². The van der Waals surface area contributed by atoms with Crippen LogP contribution in [0.15, 0.2) is 0 Å². The second-order valence-corrected chi connectivity index (χ2v) is 5.74. The monoisotopic (exact) mass is 258 g/mol. The van der Waals surface area contributed by atoms with Gasteiger partial charge >= 0.3 is 0 Å². The average Bonchev–Trinajstić information content (AvgIpc) is 2.35. The van der Waals surface area contributed by atoms with Gasteiger partial charge in [0.1, 0.15) is 0 Å². The van der Waals surface area contributed by atoms with Crippen molar-refractivity contribution in [3.63, 3.8) is 0 Å². The standard InChI is InChI=1S/C15H34N2O/c1-6-9-17(10-11-18)13-15(7-2,8-3)12-16-14(4)5/h14,16,18H,6-13H2,1-5H3. The molecule has 110 valence electrons. The van der Waals surface area contributed by atoms with E-state index in [-0.39, 0.29) is 6.61 Å². The molecule has 0 spiro atoms. The van der Waals surface area contributed by atoms with Crippen LogP contribution < -0.4 is 5.32 Å². The molecule has 3 heteroatoms. The van der Waals surface area contributed by atoms with Crippen molar-refractivity contribution in [3.05, 3.63) is 0 Å². The molecule has 0 aliphatic carbocycles. The van der Waals surface area contributed by atoms with E-state index < -0.39 is 0 Å². The molecule has 0 heterocycles. The summed E-state index contributed by atoms with van der Waals surface area (Å²) in [7, 11) is 0. The van der Waals surface area contributed by atoms with Crippen molar-refractivity contribution in [2.45, 2.75) is 59.9 Å². The quantitative estimate of drug-likeness (QED) is 0.598. The van der Waals surface area contributed by atoms with Crippen LogP contribution in [0.5, 0.6) is 0 Å². The van der Waals surface area contributed by atoms with Gasteiger partial charge in [-0.3, -0.25) is 0 Å². The summed E-state index contributed by atoms with van der Waals surface area (Å²) >= 11 is 0. The topological polar surface area (TPSA) is 35.5 Å². The van der Waals surface area contributed by atoms with Crippen LogP contribution in [0, 0.1) is 5.41 Å². The molecular weight excluding hydrogens is 224 g/mol. The highest BCUT2D eigenvalue weighted by molar-refractivity contribution is 4.83. The Morgan fingerprint density at radius 2 is 1.72 bits per heavy atom. The van der Waals surface area contributed by atoms with Crippen molar-refractivity contribution in [2.24, 2.45) is 5.41 Å². The smallest absolute Gasteiger partial charge is 0.0558 e. The molecule has 18 heavy (non-hydrogen) atoms. The summed E-state index contributed by atoms with van der Waals surface area (Å²) in [6, 6.07) is 0.542. The molecule has 0 aromatic rings. The first-order valence-electron chi connectivity index (χ1n) is 7.60. The number of nitrogens with one attached hydrogen (secondary N) is 1. The Hall–Kier alpha value is -0.120. The first-order valence-corrected chi connectivity index (χ1v) is 7.60. The lowest BCUT2D eigenvalue weighted by molar-refractivity contribution is 0.112. The van der Waals surface area contributed by atoms with Gasteiger partial charge in [0, 0.05) is 25.7 Å². The number of aliphatic hydroxyl groups is 1. The molecule has 0 bridgehead atoms. The Labute approximate surface area is 114 Å². The fourth-order valence-corrected chi connectivity index (χ4v) is 2.40. The molecule has 0 atom stereocenters. The number of hydrogen-bond acceptors (Lipinski definition) is 3. The van der Waals surface area contributed by atoms with Gasteiger partial charge in [0.05, 0.1) is 6.61 Å². The van der Waals surface area contributed by atoms with E-state index >= 15 is 0 Å². The highest BCUT2D eigenvalue weighted by Crippen LogP contribution is 2.27. The zero-order chi connectivity index (χ0) is 14.0. The third-order valence-electron chi connectivity index (χ3n) is 3.90. The first-order chi connectivity index (χ1) is 8.53. The molecule has 2 N–H and O–H groups in total. The Balaban J connectivity index is 4.53. The number of hydrogen-bond donors (Lipinski definition) is 2. The number of rotatable bonds is 11. The van der Waals surface area contributed by atoms with Crippen LogP contribution in [0.25, 0.3) is 0 Å². The van der Waals surface area contributed by atoms with Crippen molar-refractivity contribution in [3.8, 4) is 0 Å². The van der Waals surface area contributed by atoms with Crippen molar-refractivity contribution >= 4 is 0 Å². The van der Waals surface area contributed by atoms with Crippen molar-refractivity contribution in [1.82, 2.24) is 10.2 Å². The first kappa shape index (κ1) is 17.9. The zero-order valence-electron chi connectivity index (χ0n) is 13.1. The van der Waals surface area contributed by atoms with Crippen LogP contribution in [0.2, 0.25) is 0 Å². The molecule has 0 aromatic carbocycles. The summed E-state index contributed by atoms with van der Waals surface area (Å²) < 4.78 is 0. The van der Waals surface area contributed by atoms with Gasteiger partial charge in [0.25, 0.3) is 0 Å². The van der Waals surface area contributed by atoms with E-state index in [9.17, 15) is 0 Å². The SMILES string of the molecule is CCCN(CCO)CC(CC)(CC)CNC(C)C. The molecule has 0 aliphatic rings. The predicted molar refractivity (Wildman–Crippen MR) is 80.0 cm³/mol. The number of nitrogens with zero attached hydrogens (tertiary/aromatic N) is 1. The Kier molecular flexibility index (Phi) is 9.70. The molecule has 0 saturated carbocycles. The summed E-state index contributed by atoms with van der Waals surface area (Å²) in [5.41, 5.74) is 0.342. The minimum absolute atomic E-state index is 0.265. The average molecular weight is 258 g/mol. The van der Waals surface area contributed by atoms with Crippen LogP contribution in [0.3, 0.4) is 0 Å². The van der Waals surface area contributed by atoms with E-state index in [1.807, 2.05) is 0 Å². The van der Waals surface area contributed by atoms with Crippen molar-refractivity contribution < 1.29 is 5.11 Å². The maximum atomic E-state index is 9.17. The maximum absolute atomic E-state index is 9.17.